The summed E-state index contributed by atoms with van der Waals surface area (Å²) < 4.78 is 0. The molecular formula is C30H27N3O3. The molecule has 4 aliphatic heterocycles. The van der Waals surface area contributed by atoms with E-state index in [1.165, 1.54) is 0 Å². The number of nitrogens with zero attached hydrogens (tertiary/aromatic N) is 1. The molecule has 6 heteroatoms. The zero-order valence-electron chi connectivity index (χ0n) is 20.3. The lowest BCUT2D eigenvalue weighted by Crippen LogP contribution is -2.62. The third kappa shape index (κ3) is 2.29. The van der Waals surface area contributed by atoms with Gasteiger partial charge in [0, 0.05) is 28.5 Å². The quantitative estimate of drug-likeness (QED) is 0.539. The molecule has 0 saturated carbocycles. The SMILES string of the molecule is Cc1ccc(C(=O)[C@@H]2[C@H]3CCCN3[C@@]3(C(=O)Nc4c(C)cccc43)[C@]23C(=O)Nc2ccccc23)cc1. The second kappa shape index (κ2) is 7.14. The lowest BCUT2D eigenvalue weighted by atomic mass is 9.57. The van der Waals surface area contributed by atoms with E-state index in [-0.39, 0.29) is 23.6 Å². The molecule has 0 aromatic heterocycles. The zero-order chi connectivity index (χ0) is 24.8. The molecule has 3 aromatic rings. The average Bonchev–Trinajstić information content (AvgIpc) is 3.59. The summed E-state index contributed by atoms with van der Waals surface area (Å²) >= 11 is 0. The molecular weight excluding hydrogens is 450 g/mol. The highest BCUT2D eigenvalue weighted by Gasteiger charge is 2.81. The van der Waals surface area contributed by atoms with Crippen LogP contribution in [0.3, 0.4) is 0 Å². The first-order chi connectivity index (χ1) is 17.4. The molecule has 0 unspecified atom stereocenters. The number of Topliss-reactive ketones (excluding diaryl/α,β-unsaturated/α-hetero) is 1. The molecule has 0 aliphatic carbocycles. The Bertz CT molecular complexity index is 1480. The molecule has 2 N–H and O–H groups in total. The number of amides is 2. The molecule has 2 saturated heterocycles. The van der Waals surface area contributed by atoms with Crippen molar-refractivity contribution in [1.29, 1.82) is 0 Å². The van der Waals surface area contributed by atoms with E-state index in [0.29, 0.717) is 17.8 Å². The number of nitrogens with one attached hydrogen (secondary N) is 2. The second-order valence-corrected chi connectivity index (χ2v) is 10.6. The molecule has 2 spiro atoms. The normalized spacial score (nSPS) is 29.8. The van der Waals surface area contributed by atoms with Gasteiger partial charge in [-0.1, -0.05) is 66.2 Å². The summed E-state index contributed by atoms with van der Waals surface area (Å²) in [6.45, 7) is 4.61. The van der Waals surface area contributed by atoms with E-state index in [2.05, 4.69) is 15.5 Å². The minimum absolute atomic E-state index is 0.0791. The van der Waals surface area contributed by atoms with Gasteiger partial charge in [0.25, 0.3) is 5.91 Å². The van der Waals surface area contributed by atoms with Crippen LogP contribution in [0.1, 0.15) is 45.5 Å². The van der Waals surface area contributed by atoms with Crippen molar-refractivity contribution in [2.45, 2.75) is 43.7 Å². The van der Waals surface area contributed by atoms with Crippen LogP contribution in [0.4, 0.5) is 11.4 Å². The van der Waals surface area contributed by atoms with Crippen LogP contribution >= 0.6 is 0 Å². The lowest BCUT2D eigenvalue weighted by Gasteiger charge is -2.43. The fourth-order valence-corrected chi connectivity index (χ4v) is 7.65. The molecule has 2 fully saturated rings. The van der Waals surface area contributed by atoms with Gasteiger partial charge in [0.2, 0.25) is 5.91 Å². The van der Waals surface area contributed by atoms with E-state index >= 15 is 0 Å². The Morgan fingerprint density at radius 1 is 0.889 bits per heavy atom. The number of para-hydroxylation sites is 2. The van der Waals surface area contributed by atoms with Crippen LogP contribution in [0.25, 0.3) is 0 Å². The summed E-state index contributed by atoms with van der Waals surface area (Å²) in [5.41, 5.74) is 2.86. The Morgan fingerprint density at radius 2 is 1.64 bits per heavy atom. The summed E-state index contributed by atoms with van der Waals surface area (Å²) in [5, 5.41) is 6.23. The first-order valence-corrected chi connectivity index (χ1v) is 12.6. The molecule has 7 rings (SSSR count). The predicted octanol–water partition coefficient (Wildman–Crippen LogP) is 4.32. The van der Waals surface area contributed by atoms with Crippen molar-refractivity contribution < 1.29 is 14.4 Å². The van der Waals surface area contributed by atoms with E-state index < -0.39 is 16.9 Å². The number of ketones is 1. The molecule has 3 aromatic carbocycles. The van der Waals surface area contributed by atoms with Crippen LogP contribution in [-0.2, 0) is 20.5 Å². The molecule has 4 atom stereocenters. The Kier molecular flexibility index (Phi) is 4.26. The number of fused-ring (bicyclic) bond motifs is 7. The van der Waals surface area contributed by atoms with Crippen LogP contribution < -0.4 is 10.6 Å². The third-order valence-corrected chi connectivity index (χ3v) is 8.96. The van der Waals surface area contributed by atoms with E-state index in [0.717, 1.165) is 40.8 Å². The predicted molar refractivity (Wildman–Crippen MR) is 137 cm³/mol. The zero-order valence-corrected chi connectivity index (χ0v) is 20.3. The average molecular weight is 478 g/mol. The highest BCUT2D eigenvalue weighted by atomic mass is 16.2. The maximum absolute atomic E-state index is 14.5. The molecule has 180 valence electrons. The summed E-state index contributed by atoms with van der Waals surface area (Å²) in [6, 6.07) is 20.8. The highest BCUT2D eigenvalue weighted by Crippen LogP contribution is 2.68. The van der Waals surface area contributed by atoms with Crippen molar-refractivity contribution in [1.82, 2.24) is 4.90 Å². The van der Waals surface area contributed by atoms with Crippen LogP contribution in [-0.4, -0.2) is 35.1 Å². The number of rotatable bonds is 2. The molecule has 0 bridgehead atoms. The minimum atomic E-state index is -1.39. The topological polar surface area (TPSA) is 78.5 Å². The largest absolute Gasteiger partial charge is 0.325 e. The molecule has 6 nitrogen and oxygen atoms in total. The summed E-state index contributed by atoms with van der Waals surface area (Å²) in [7, 11) is 0. The van der Waals surface area contributed by atoms with Crippen LogP contribution in [0, 0.1) is 19.8 Å². The van der Waals surface area contributed by atoms with Crippen molar-refractivity contribution in [3.8, 4) is 0 Å². The van der Waals surface area contributed by atoms with Gasteiger partial charge in [-0.2, -0.15) is 0 Å². The first-order valence-electron chi connectivity index (χ1n) is 12.6. The van der Waals surface area contributed by atoms with Crippen molar-refractivity contribution in [3.63, 3.8) is 0 Å². The van der Waals surface area contributed by atoms with Gasteiger partial charge in [-0.05, 0) is 50.4 Å². The first kappa shape index (κ1) is 21.5. The van der Waals surface area contributed by atoms with Gasteiger partial charge in [0.15, 0.2) is 5.78 Å². The van der Waals surface area contributed by atoms with Gasteiger partial charge < -0.3 is 10.6 Å². The number of hydrogen-bond donors (Lipinski definition) is 2. The number of aryl methyl sites for hydroxylation is 2. The van der Waals surface area contributed by atoms with E-state index in [1.54, 1.807) is 0 Å². The number of hydrogen-bond acceptors (Lipinski definition) is 4. The number of benzene rings is 3. The van der Waals surface area contributed by atoms with E-state index in [4.69, 9.17) is 0 Å². The minimum Gasteiger partial charge on any atom is -0.325 e. The standard InChI is InChI=1S/C30H27N3O3/c1-17-12-14-19(15-13-17)26(34)24-23-11-6-16-33(23)30(21-9-5-7-18(2)25(21)32-28(30)36)29(24)20-8-3-4-10-22(20)31-27(29)35/h3-5,7-10,12-15,23-24H,6,11,16H2,1-2H3,(H,31,35)(H,32,36)/t23-,24+,29+,30+/m1/s1. The van der Waals surface area contributed by atoms with Gasteiger partial charge in [0.1, 0.15) is 11.0 Å². The Balaban J connectivity index is 1.59. The Labute approximate surface area is 209 Å². The summed E-state index contributed by atoms with van der Waals surface area (Å²) in [6.07, 6.45) is 1.63. The van der Waals surface area contributed by atoms with Crippen LogP contribution in [0.2, 0.25) is 0 Å². The fourth-order valence-electron chi connectivity index (χ4n) is 7.65. The van der Waals surface area contributed by atoms with Gasteiger partial charge in [-0.25, -0.2) is 0 Å². The van der Waals surface area contributed by atoms with Crippen molar-refractivity contribution in [2.24, 2.45) is 5.92 Å². The monoisotopic (exact) mass is 477 g/mol. The number of carbonyl (C=O) groups excluding carboxylic acids is 3. The van der Waals surface area contributed by atoms with Gasteiger partial charge >= 0.3 is 0 Å². The number of carbonyl (C=O) groups is 3. The second-order valence-electron chi connectivity index (χ2n) is 10.6. The smallest absolute Gasteiger partial charge is 0.251 e. The van der Waals surface area contributed by atoms with E-state index in [1.807, 2.05) is 80.6 Å². The molecule has 2 amide bonds. The maximum Gasteiger partial charge on any atom is 0.251 e. The van der Waals surface area contributed by atoms with Crippen molar-refractivity contribution in [3.05, 3.63) is 94.5 Å². The van der Waals surface area contributed by atoms with Crippen LogP contribution in [0.15, 0.2) is 66.7 Å². The van der Waals surface area contributed by atoms with E-state index in [9.17, 15) is 14.4 Å². The van der Waals surface area contributed by atoms with Crippen molar-refractivity contribution in [2.75, 3.05) is 17.2 Å². The fraction of sp³-hybridized carbons (Fsp3) is 0.300. The molecule has 4 aliphatic rings. The van der Waals surface area contributed by atoms with Gasteiger partial charge in [-0.3, -0.25) is 19.3 Å². The van der Waals surface area contributed by atoms with Crippen LogP contribution in [0.5, 0.6) is 0 Å². The Hall–Kier alpha value is -3.77. The highest BCUT2D eigenvalue weighted by molar-refractivity contribution is 6.21. The lowest BCUT2D eigenvalue weighted by molar-refractivity contribution is -0.137. The molecule has 0 radical (unpaired) electrons. The van der Waals surface area contributed by atoms with Gasteiger partial charge in [0.05, 0.1) is 5.92 Å². The van der Waals surface area contributed by atoms with Crippen molar-refractivity contribution >= 4 is 29.0 Å². The summed E-state index contributed by atoms with van der Waals surface area (Å²) in [5.74, 6) is -1.27. The molecule has 36 heavy (non-hydrogen) atoms. The maximum atomic E-state index is 14.5. The van der Waals surface area contributed by atoms with Gasteiger partial charge in [-0.15, -0.1) is 0 Å². The Morgan fingerprint density at radius 3 is 2.44 bits per heavy atom. The summed E-state index contributed by atoms with van der Waals surface area (Å²) in [4.78, 5) is 45.5. The molecule has 4 heterocycles. The third-order valence-electron chi connectivity index (χ3n) is 8.96. The number of anilines is 2.